The molecule has 2 aromatic heterocycles. The second kappa shape index (κ2) is 5.00. The summed E-state index contributed by atoms with van der Waals surface area (Å²) in [4.78, 5) is 4.15. The number of furan rings is 1. The largest absolute Gasteiger partial charge is 0.465 e. The van der Waals surface area contributed by atoms with Gasteiger partial charge in [-0.05, 0) is 59.9 Å². The summed E-state index contributed by atoms with van der Waals surface area (Å²) in [6, 6.07) is 3.55. The monoisotopic (exact) mass is 409 g/mol. The maximum Gasteiger partial charge on any atom is 0.156 e. The van der Waals surface area contributed by atoms with Gasteiger partial charge in [0.15, 0.2) is 11.9 Å². The van der Waals surface area contributed by atoms with Crippen LogP contribution in [-0.4, -0.2) is 10.1 Å². The molecule has 0 fully saturated rings. The van der Waals surface area contributed by atoms with Gasteiger partial charge >= 0.3 is 0 Å². The van der Waals surface area contributed by atoms with E-state index >= 15 is 0 Å². The Hall–Kier alpha value is -0.170. The number of rotatable bonds is 2. The topological polar surface area (TPSA) is 46.3 Å². The van der Waals surface area contributed by atoms with Gasteiger partial charge in [-0.3, -0.25) is 4.98 Å². The quantitative estimate of drug-likeness (QED) is 0.811. The zero-order chi connectivity index (χ0) is 11.7. The molecule has 2 rings (SSSR count). The lowest BCUT2D eigenvalue weighted by molar-refractivity contribution is 0.183. The highest BCUT2D eigenvalue weighted by Gasteiger charge is 2.20. The van der Waals surface area contributed by atoms with Gasteiger partial charge in [0.05, 0.1) is 16.4 Å². The molecule has 1 unspecified atom stereocenters. The Kier molecular flexibility index (Phi) is 3.84. The van der Waals surface area contributed by atoms with Crippen molar-refractivity contribution in [3.63, 3.8) is 0 Å². The van der Waals surface area contributed by atoms with E-state index in [9.17, 15) is 5.11 Å². The average molecular weight is 412 g/mol. The standard InChI is InChI=1S/C10H6Br3NO2/c11-5-3-7(13)8(14-4-5)9(15)10-6(12)1-2-16-10/h1-4,9,15H. The number of aliphatic hydroxyl groups excluding tert-OH is 1. The number of nitrogens with zero attached hydrogens (tertiary/aromatic N) is 1. The molecule has 0 aliphatic rings. The van der Waals surface area contributed by atoms with Gasteiger partial charge in [0, 0.05) is 15.1 Å². The molecule has 0 radical (unpaired) electrons. The molecule has 2 aromatic rings. The van der Waals surface area contributed by atoms with Crippen LogP contribution < -0.4 is 0 Å². The molecule has 0 bridgehead atoms. The lowest BCUT2D eigenvalue weighted by Gasteiger charge is -2.10. The van der Waals surface area contributed by atoms with Gasteiger partial charge < -0.3 is 9.52 Å². The molecule has 2 heterocycles. The summed E-state index contributed by atoms with van der Waals surface area (Å²) in [5.41, 5.74) is 0.513. The summed E-state index contributed by atoms with van der Waals surface area (Å²) in [6.07, 6.45) is 2.24. The summed E-state index contributed by atoms with van der Waals surface area (Å²) >= 11 is 9.95. The fourth-order valence-corrected chi connectivity index (χ4v) is 2.87. The molecular formula is C10H6Br3NO2. The summed E-state index contributed by atoms with van der Waals surface area (Å²) in [7, 11) is 0. The molecule has 1 atom stereocenters. The third-order valence-electron chi connectivity index (χ3n) is 1.99. The van der Waals surface area contributed by atoms with E-state index in [4.69, 9.17) is 4.42 Å². The molecule has 0 spiro atoms. The Morgan fingerprint density at radius 3 is 2.56 bits per heavy atom. The number of hydrogen-bond donors (Lipinski definition) is 1. The van der Waals surface area contributed by atoms with Gasteiger partial charge in [0.25, 0.3) is 0 Å². The first kappa shape index (κ1) is 12.3. The Labute approximate surface area is 117 Å². The van der Waals surface area contributed by atoms with E-state index in [-0.39, 0.29) is 0 Å². The van der Waals surface area contributed by atoms with Crippen molar-refractivity contribution in [2.24, 2.45) is 0 Å². The molecule has 6 heteroatoms. The first-order chi connectivity index (χ1) is 7.59. The van der Waals surface area contributed by atoms with Gasteiger partial charge in [-0.25, -0.2) is 0 Å². The zero-order valence-electron chi connectivity index (χ0n) is 7.82. The zero-order valence-corrected chi connectivity index (χ0v) is 12.6. The maximum absolute atomic E-state index is 10.1. The van der Waals surface area contributed by atoms with Crippen LogP contribution in [0.15, 0.2) is 42.4 Å². The van der Waals surface area contributed by atoms with Crippen LogP contribution in [-0.2, 0) is 0 Å². The minimum atomic E-state index is -0.896. The van der Waals surface area contributed by atoms with Crippen LogP contribution in [0, 0.1) is 0 Å². The molecule has 16 heavy (non-hydrogen) atoms. The summed E-state index contributed by atoms with van der Waals surface area (Å²) < 4.78 is 7.48. The normalized spacial score (nSPS) is 12.8. The van der Waals surface area contributed by atoms with Gasteiger partial charge in [-0.2, -0.15) is 0 Å². The van der Waals surface area contributed by atoms with Crippen molar-refractivity contribution in [1.29, 1.82) is 0 Å². The fourth-order valence-electron chi connectivity index (χ4n) is 1.25. The number of halogens is 3. The van der Waals surface area contributed by atoms with Crippen LogP contribution in [0.2, 0.25) is 0 Å². The molecule has 0 aliphatic carbocycles. The molecule has 0 saturated carbocycles. The molecule has 0 aromatic carbocycles. The Morgan fingerprint density at radius 1 is 1.25 bits per heavy atom. The molecule has 84 valence electrons. The Balaban J connectivity index is 2.41. The highest BCUT2D eigenvalue weighted by atomic mass is 79.9. The van der Waals surface area contributed by atoms with Gasteiger partial charge in [0.1, 0.15) is 0 Å². The van der Waals surface area contributed by atoms with Crippen molar-refractivity contribution < 1.29 is 9.52 Å². The van der Waals surface area contributed by atoms with Crippen molar-refractivity contribution in [3.05, 3.63) is 49.5 Å². The van der Waals surface area contributed by atoms with Crippen LogP contribution in [0.1, 0.15) is 17.6 Å². The third-order valence-corrected chi connectivity index (χ3v) is 3.71. The van der Waals surface area contributed by atoms with E-state index in [1.54, 1.807) is 12.3 Å². The number of pyridine rings is 1. The van der Waals surface area contributed by atoms with Crippen molar-refractivity contribution in [2.75, 3.05) is 0 Å². The van der Waals surface area contributed by atoms with Crippen LogP contribution in [0.5, 0.6) is 0 Å². The summed E-state index contributed by atoms with van der Waals surface area (Å²) in [5.74, 6) is 0.440. The van der Waals surface area contributed by atoms with Gasteiger partial charge in [-0.15, -0.1) is 0 Å². The Morgan fingerprint density at radius 2 is 2.00 bits per heavy atom. The molecule has 3 nitrogen and oxygen atoms in total. The molecular weight excluding hydrogens is 406 g/mol. The van der Waals surface area contributed by atoms with Crippen molar-refractivity contribution in [2.45, 2.75) is 6.10 Å². The van der Waals surface area contributed by atoms with Crippen molar-refractivity contribution >= 4 is 47.8 Å². The van der Waals surface area contributed by atoms with Crippen LogP contribution in [0.3, 0.4) is 0 Å². The second-order valence-electron chi connectivity index (χ2n) is 3.06. The third kappa shape index (κ3) is 2.40. The first-order valence-corrected chi connectivity index (χ1v) is 6.69. The van der Waals surface area contributed by atoms with Crippen molar-refractivity contribution in [3.8, 4) is 0 Å². The van der Waals surface area contributed by atoms with E-state index in [0.29, 0.717) is 11.5 Å². The fraction of sp³-hybridized carbons (Fsp3) is 0.100. The van der Waals surface area contributed by atoms with Crippen molar-refractivity contribution in [1.82, 2.24) is 4.98 Å². The molecule has 1 N–H and O–H groups in total. The number of hydrogen-bond acceptors (Lipinski definition) is 3. The number of aliphatic hydroxyl groups is 1. The van der Waals surface area contributed by atoms with Gasteiger partial charge in [0.2, 0.25) is 0 Å². The lowest BCUT2D eigenvalue weighted by atomic mass is 10.2. The van der Waals surface area contributed by atoms with Crippen LogP contribution in [0.25, 0.3) is 0 Å². The predicted octanol–water partition coefficient (Wildman–Crippen LogP) is 4.04. The number of aromatic nitrogens is 1. The average Bonchev–Trinajstić information content (AvgIpc) is 2.63. The smallest absolute Gasteiger partial charge is 0.156 e. The second-order valence-corrected chi connectivity index (χ2v) is 5.68. The van der Waals surface area contributed by atoms with E-state index < -0.39 is 6.10 Å². The van der Waals surface area contributed by atoms with E-state index in [0.717, 1.165) is 13.4 Å². The maximum atomic E-state index is 10.1. The van der Waals surface area contributed by atoms with E-state index in [1.807, 2.05) is 6.07 Å². The highest BCUT2D eigenvalue weighted by Crippen LogP contribution is 2.32. The molecule has 0 aliphatic heterocycles. The molecule has 0 saturated heterocycles. The molecule has 0 amide bonds. The minimum Gasteiger partial charge on any atom is -0.465 e. The summed E-state index contributed by atoms with van der Waals surface area (Å²) in [5, 5.41) is 10.1. The Bertz CT molecular complexity index is 513. The van der Waals surface area contributed by atoms with E-state index in [1.165, 1.54) is 6.26 Å². The summed E-state index contributed by atoms with van der Waals surface area (Å²) in [6.45, 7) is 0. The van der Waals surface area contributed by atoms with E-state index in [2.05, 4.69) is 52.8 Å². The van der Waals surface area contributed by atoms with Crippen LogP contribution in [0.4, 0.5) is 0 Å². The highest BCUT2D eigenvalue weighted by molar-refractivity contribution is 9.11. The van der Waals surface area contributed by atoms with Gasteiger partial charge in [-0.1, -0.05) is 0 Å². The SMILES string of the molecule is OC(c1ncc(Br)cc1Br)c1occc1Br. The lowest BCUT2D eigenvalue weighted by Crippen LogP contribution is -2.02. The minimum absolute atomic E-state index is 0.440. The predicted molar refractivity (Wildman–Crippen MR) is 70.1 cm³/mol. The first-order valence-electron chi connectivity index (χ1n) is 4.31. The van der Waals surface area contributed by atoms with Crippen LogP contribution >= 0.6 is 47.8 Å².